The van der Waals surface area contributed by atoms with E-state index < -0.39 is 0 Å². The first-order chi connectivity index (χ1) is 8.72. The molecule has 0 amide bonds. The Labute approximate surface area is 107 Å². The second-order valence-corrected chi connectivity index (χ2v) is 5.22. The molecule has 0 bridgehead atoms. The van der Waals surface area contributed by atoms with E-state index in [1.165, 1.54) is 6.42 Å². The number of aromatic nitrogens is 3. The van der Waals surface area contributed by atoms with Gasteiger partial charge in [0.25, 0.3) is 0 Å². The maximum Gasteiger partial charge on any atom is 0.233 e. The molecule has 2 aromatic heterocycles. The summed E-state index contributed by atoms with van der Waals surface area (Å²) in [5, 5.41) is 0. The average Bonchev–Trinajstić information content (AvgIpc) is 2.76. The molecule has 3 heterocycles. The Morgan fingerprint density at radius 2 is 2.39 bits per heavy atom. The van der Waals surface area contributed by atoms with Crippen LogP contribution < -0.4 is 5.73 Å². The van der Waals surface area contributed by atoms with Crippen molar-refractivity contribution in [2.75, 3.05) is 13.1 Å². The van der Waals surface area contributed by atoms with E-state index in [0.29, 0.717) is 5.92 Å². The fraction of sp³-hybridized carbons (Fsp3) is 0.538. The maximum absolute atomic E-state index is 6.12. The highest BCUT2D eigenvalue weighted by Gasteiger charge is 2.23. The average molecular weight is 245 g/mol. The van der Waals surface area contributed by atoms with E-state index in [1.807, 2.05) is 22.9 Å². The van der Waals surface area contributed by atoms with Crippen molar-refractivity contribution in [3.8, 4) is 0 Å². The van der Waals surface area contributed by atoms with Crippen LogP contribution in [0.2, 0.25) is 0 Å². The SMILES string of the molecule is CC1CCN(Cc2cn3cccnc3n2)CC1N. The number of hydrogen-bond acceptors (Lipinski definition) is 4. The number of imidazole rings is 1. The highest BCUT2D eigenvalue weighted by Crippen LogP contribution is 2.17. The Bertz CT molecular complexity index is 502. The summed E-state index contributed by atoms with van der Waals surface area (Å²) in [5.41, 5.74) is 7.18. The summed E-state index contributed by atoms with van der Waals surface area (Å²) in [7, 11) is 0. The first kappa shape index (κ1) is 11.6. The highest BCUT2D eigenvalue weighted by atomic mass is 15.2. The maximum atomic E-state index is 6.12. The molecule has 1 fully saturated rings. The van der Waals surface area contributed by atoms with Crippen molar-refractivity contribution in [1.29, 1.82) is 0 Å². The first-order valence-electron chi connectivity index (χ1n) is 6.49. The first-order valence-corrected chi connectivity index (χ1v) is 6.49. The van der Waals surface area contributed by atoms with Gasteiger partial charge in [0.2, 0.25) is 5.78 Å². The van der Waals surface area contributed by atoms with Crippen LogP contribution in [0, 0.1) is 5.92 Å². The molecule has 3 rings (SSSR count). The number of likely N-dealkylation sites (tertiary alicyclic amines) is 1. The van der Waals surface area contributed by atoms with Crippen LogP contribution in [0.1, 0.15) is 19.0 Å². The van der Waals surface area contributed by atoms with Crippen molar-refractivity contribution in [3.05, 3.63) is 30.4 Å². The summed E-state index contributed by atoms with van der Waals surface area (Å²) in [6.45, 7) is 5.17. The topological polar surface area (TPSA) is 59.5 Å². The molecule has 0 saturated carbocycles. The van der Waals surface area contributed by atoms with Gasteiger partial charge in [0, 0.05) is 37.7 Å². The summed E-state index contributed by atoms with van der Waals surface area (Å²) in [6, 6.07) is 2.20. The minimum atomic E-state index is 0.286. The van der Waals surface area contributed by atoms with Crippen molar-refractivity contribution >= 4 is 5.78 Å². The third-order valence-electron chi connectivity index (χ3n) is 3.77. The Kier molecular flexibility index (Phi) is 3.01. The quantitative estimate of drug-likeness (QED) is 0.854. The van der Waals surface area contributed by atoms with Crippen LogP contribution in [-0.4, -0.2) is 38.4 Å². The highest BCUT2D eigenvalue weighted by molar-refractivity contribution is 5.29. The molecule has 2 N–H and O–H groups in total. The van der Waals surface area contributed by atoms with Crippen molar-refractivity contribution in [1.82, 2.24) is 19.3 Å². The molecule has 2 aromatic rings. The van der Waals surface area contributed by atoms with Crippen LogP contribution in [0.25, 0.3) is 5.78 Å². The van der Waals surface area contributed by atoms with Crippen molar-refractivity contribution in [3.63, 3.8) is 0 Å². The third kappa shape index (κ3) is 2.23. The van der Waals surface area contributed by atoms with Crippen molar-refractivity contribution < 1.29 is 0 Å². The van der Waals surface area contributed by atoms with Crippen LogP contribution >= 0.6 is 0 Å². The van der Waals surface area contributed by atoms with Crippen molar-refractivity contribution in [2.45, 2.75) is 25.9 Å². The lowest BCUT2D eigenvalue weighted by atomic mass is 9.94. The van der Waals surface area contributed by atoms with E-state index in [1.54, 1.807) is 6.20 Å². The Balaban J connectivity index is 1.72. The number of hydrogen-bond donors (Lipinski definition) is 1. The predicted molar refractivity (Wildman–Crippen MR) is 70.0 cm³/mol. The van der Waals surface area contributed by atoms with Gasteiger partial charge in [-0.1, -0.05) is 6.92 Å². The normalized spacial score (nSPS) is 25.7. The Morgan fingerprint density at radius 1 is 1.50 bits per heavy atom. The van der Waals surface area contributed by atoms with Gasteiger partial charge >= 0.3 is 0 Å². The van der Waals surface area contributed by atoms with Gasteiger partial charge in [-0.25, -0.2) is 9.97 Å². The molecule has 1 aliphatic rings. The predicted octanol–water partition coefficient (Wildman–Crippen LogP) is 0.898. The largest absolute Gasteiger partial charge is 0.326 e. The molecule has 1 aliphatic heterocycles. The molecule has 2 unspecified atom stereocenters. The molecule has 18 heavy (non-hydrogen) atoms. The second-order valence-electron chi connectivity index (χ2n) is 5.22. The number of fused-ring (bicyclic) bond motifs is 1. The van der Waals surface area contributed by atoms with E-state index in [9.17, 15) is 0 Å². The minimum absolute atomic E-state index is 0.286. The summed E-state index contributed by atoms with van der Waals surface area (Å²) in [4.78, 5) is 11.1. The summed E-state index contributed by atoms with van der Waals surface area (Å²) in [5.74, 6) is 1.39. The zero-order chi connectivity index (χ0) is 12.5. The van der Waals surface area contributed by atoms with Crippen LogP contribution in [-0.2, 0) is 6.54 Å². The standard InChI is InChI=1S/C13H19N5/c1-10-3-6-17(9-12(10)14)7-11-8-18-5-2-4-15-13(18)16-11/h2,4-5,8,10,12H,3,6-7,9,14H2,1H3. The smallest absolute Gasteiger partial charge is 0.233 e. The van der Waals surface area contributed by atoms with Gasteiger partial charge in [-0.2, -0.15) is 0 Å². The van der Waals surface area contributed by atoms with E-state index in [-0.39, 0.29) is 6.04 Å². The Hall–Kier alpha value is -1.46. The van der Waals surface area contributed by atoms with Crippen LogP contribution in [0.3, 0.4) is 0 Å². The fourth-order valence-electron chi connectivity index (χ4n) is 2.50. The third-order valence-corrected chi connectivity index (χ3v) is 3.77. The lowest BCUT2D eigenvalue weighted by molar-refractivity contribution is 0.161. The fourth-order valence-corrected chi connectivity index (χ4v) is 2.50. The van der Waals surface area contributed by atoms with Gasteiger partial charge in [0.1, 0.15) is 0 Å². The van der Waals surface area contributed by atoms with E-state index in [0.717, 1.165) is 31.1 Å². The molecule has 1 saturated heterocycles. The van der Waals surface area contributed by atoms with Crippen LogP contribution in [0.4, 0.5) is 0 Å². The second kappa shape index (κ2) is 4.66. The zero-order valence-electron chi connectivity index (χ0n) is 10.7. The van der Waals surface area contributed by atoms with Crippen LogP contribution in [0.5, 0.6) is 0 Å². The lowest BCUT2D eigenvalue weighted by Gasteiger charge is -2.34. The van der Waals surface area contributed by atoms with E-state index in [2.05, 4.69) is 21.8 Å². The molecule has 0 spiro atoms. The van der Waals surface area contributed by atoms with Gasteiger partial charge < -0.3 is 5.73 Å². The molecule has 0 aliphatic carbocycles. The van der Waals surface area contributed by atoms with E-state index in [4.69, 9.17) is 5.73 Å². The minimum Gasteiger partial charge on any atom is -0.326 e. The molecule has 5 heteroatoms. The number of nitrogens with two attached hydrogens (primary N) is 1. The molecule has 2 atom stereocenters. The molecular formula is C13H19N5. The lowest BCUT2D eigenvalue weighted by Crippen LogP contribution is -2.47. The van der Waals surface area contributed by atoms with Gasteiger partial charge in [-0.05, 0) is 24.9 Å². The van der Waals surface area contributed by atoms with E-state index >= 15 is 0 Å². The summed E-state index contributed by atoms with van der Waals surface area (Å²) >= 11 is 0. The molecular weight excluding hydrogens is 226 g/mol. The summed E-state index contributed by atoms with van der Waals surface area (Å²) < 4.78 is 1.96. The Morgan fingerprint density at radius 3 is 3.17 bits per heavy atom. The number of piperidine rings is 1. The number of nitrogens with zero attached hydrogens (tertiary/aromatic N) is 4. The van der Waals surface area contributed by atoms with Crippen LogP contribution in [0.15, 0.2) is 24.7 Å². The zero-order valence-corrected chi connectivity index (χ0v) is 10.7. The molecule has 5 nitrogen and oxygen atoms in total. The molecule has 96 valence electrons. The monoisotopic (exact) mass is 245 g/mol. The van der Waals surface area contributed by atoms with Gasteiger partial charge in [0.05, 0.1) is 5.69 Å². The molecule has 0 radical (unpaired) electrons. The summed E-state index contributed by atoms with van der Waals surface area (Å²) in [6.07, 6.45) is 6.96. The van der Waals surface area contributed by atoms with Gasteiger partial charge in [-0.15, -0.1) is 0 Å². The van der Waals surface area contributed by atoms with Gasteiger partial charge in [0.15, 0.2) is 0 Å². The number of rotatable bonds is 2. The van der Waals surface area contributed by atoms with Crippen molar-refractivity contribution in [2.24, 2.45) is 11.7 Å². The molecule has 0 aromatic carbocycles. The van der Waals surface area contributed by atoms with Gasteiger partial charge in [-0.3, -0.25) is 9.30 Å².